The highest BCUT2D eigenvalue weighted by Gasteiger charge is 2.20. The highest BCUT2D eigenvalue weighted by molar-refractivity contribution is 7.99. The average Bonchev–Trinajstić information content (AvgIpc) is 2.31. The summed E-state index contributed by atoms with van der Waals surface area (Å²) in [6.07, 6.45) is 4.51. The predicted octanol–water partition coefficient (Wildman–Crippen LogP) is 1.24. The summed E-state index contributed by atoms with van der Waals surface area (Å²) < 4.78 is 0. The molecule has 0 radical (unpaired) electrons. The molecule has 2 N–H and O–H groups in total. The van der Waals surface area contributed by atoms with Gasteiger partial charge in [0.05, 0.1) is 6.61 Å². The van der Waals surface area contributed by atoms with Crippen molar-refractivity contribution in [3.05, 3.63) is 18.0 Å². The average molecular weight is 241 g/mol. The molecule has 16 heavy (non-hydrogen) atoms. The molecule has 0 saturated heterocycles. The van der Waals surface area contributed by atoms with Crippen molar-refractivity contribution in [2.24, 2.45) is 0 Å². The van der Waals surface area contributed by atoms with Crippen LogP contribution in [0, 0.1) is 6.92 Å². The minimum absolute atomic E-state index is 0.138. The van der Waals surface area contributed by atoms with E-state index in [-0.39, 0.29) is 12.1 Å². The van der Waals surface area contributed by atoms with Crippen LogP contribution in [0.15, 0.2) is 17.6 Å². The van der Waals surface area contributed by atoms with Gasteiger partial charge in [0.2, 0.25) is 0 Å². The monoisotopic (exact) mass is 241 g/mol. The Labute approximate surface area is 101 Å². The van der Waals surface area contributed by atoms with Crippen LogP contribution < -0.4 is 5.32 Å². The third kappa shape index (κ3) is 4.08. The molecular formula is C11H19N3OS. The predicted molar refractivity (Wildman–Crippen MR) is 66.7 cm³/mol. The number of nitrogens with one attached hydrogen (secondary N) is 1. The molecule has 1 rings (SSSR count). The van der Waals surface area contributed by atoms with Crippen LogP contribution in [0.5, 0.6) is 0 Å². The summed E-state index contributed by atoms with van der Waals surface area (Å²) >= 11 is 1.61. The summed E-state index contributed by atoms with van der Waals surface area (Å²) in [4.78, 5) is 8.44. The zero-order chi connectivity index (χ0) is 12.0. The lowest BCUT2D eigenvalue weighted by atomic mass is 10.0. The molecule has 1 aromatic rings. The first kappa shape index (κ1) is 13.4. The van der Waals surface area contributed by atoms with E-state index in [1.165, 1.54) is 0 Å². The van der Waals surface area contributed by atoms with E-state index in [1.807, 2.05) is 33.3 Å². The van der Waals surface area contributed by atoms with Gasteiger partial charge in [-0.05, 0) is 32.9 Å². The SMILES string of the molecule is CNC(C)(CO)CCSc1ncc(C)cn1. The number of rotatable bonds is 6. The lowest BCUT2D eigenvalue weighted by molar-refractivity contribution is 0.179. The number of hydrogen-bond donors (Lipinski definition) is 2. The van der Waals surface area contributed by atoms with Crippen LogP contribution in [0.25, 0.3) is 0 Å². The topological polar surface area (TPSA) is 58.0 Å². The second kappa shape index (κ2) is 6.18. The Balaban J connectivity index is 2.38. The van der Waals surface area contributed by atoms with Gasteiger partial charge in [-0.1, -0.05) is 11.8 Å². The molecular weight excluding hydrogens is 222 g/mol. The van der Waals surface area contributed by atoms with Crippen LogP contribution in [0.3, 0.4) is 0 Å². The molecule has 5 heteroatoms. The smallest absolute Gasteiger partial charge is 0.187 e. The van der Waals surface area contributed by atoms with Gasteiger partial charge in [-0.15, -0.1) is 0 Å². The number of aryl methyl sites for hydroxylation is 1. The Morgan fingerprint density at radius 2 is 2.06 bits per heavy atom. The third-order valence-corrected chi connectivity index (χ3v) is 3.47. The van der Waals surface area contributed by atoms with Crippen molar-refractivity contribution in [1.82, 2.24) is 15.3 Å². The highest BCUT2D eigenvalue weighted by Crippen LogP contribution is 2.18. The maximum Gasteiger partial charge on any atom is 0.187 e. The minimum Gasteiger partial charge on any atom is -0.394 e. The number of likely N-dealkylation sites (N-methyl/N-ethyl adjacent to an activating group) is 1. The van der Waals surface area contributed by atoms with Crippen LogP contribution in [0.2, 0.25) is 0 Å². The molecule has 0 fully saturated rings. The van der Waals surface area contributed by atoms with Crippen molar-refractivity contribution in [1.29, 1.82) is 0 Å². The molecule has 0 spiro atoms. The van der Waals surface area contributed by atoms with Gasteiger partial charge in [0.15, 0.2) is 5.16 Å². The van der Waals surface area contributed by atoms with Crippen molar-refractivity contribution in [3.8, 4) is 0 Å². The zero-order valence-electron chi connectivity index (χ0n) is 10.0. The Hall–Kier alpha value is -0.650. The molecule has 0 aromatic carbocycles. The Kier molecular flexibility index (Phi) is 5.18. The maximum absolute atomic E-state index is 9.22. The first-order valence-corrected chi connectivity index (χ1v) is 6.29. The second-order valence-electron chi connectivity index (χ2n) is 4.11. The quantitative estimate of drug-likeness (QED) is 0.579. The molecule has 0 amide bonds. The first-order valence-electron chi connectivity index (χ1n) is 5.31. The van der Waals surface area contributed by atoms with Crippen molar-refractivity contribution in [2.75, 3.05) is 19.4 Å². The van der Waals surface area contributed by atoms with Gasteiger partial charge < -0.3 is 10.4 Å². The molecule has 0 aliphatic carbocycles. The van der Waals surface area contributed by atoms with E-state index < -0.39 is 0 Å². The van der Waals surface area contributed by atoms with Gasteiger partial charge in [-0.25, -0.2) is 9.97 Å². The highest BCUT2D eigenvalue weighted by atomic mass is 32.2. The number of hydrogen-bond acceptors (Lipinski definition) is 5. The fraction of sp³-hybridized carbons (Fsp3) is 0.636. The summed E-state index contributed by atoms with van der Waals surface area (Å²) in [5.74, 6) is 0.890. The van der Waals surface area contributed by atoms with E-state index in [4.69, 9.17) is 0 Å². The van der Waals surface area contributed by atoms with E-state index >= 15 is 0 Å². The molecule has 4 nitrogen and oxygen atoms in total. The van der Waals surface area contributed by atoms with Gasteiger partial charge >= 0.3 is 0 Å². The van der Waals surface area contributed by atoms with Crippen LogP contribution in [0.4, 0.5) is 0 Å². The number of nitrogens with zero attached hydrogens (tertiary/aromatic N) is 2. The summed E-state index contributed by atoms with van der Waals surface area (Å²) in [6, 6.07) is 0. The van der Waals surface area contributed by atoms with E-state index in [1.54, 1.807) is 11.8 Å². The van der Waals surface area contributed by atoms with E-state index in [9.17, 15) is 5.11 Å². The lowest BCUT2D eigenvalue weighted by Crippen LogP contribution is -2.43. The van der Waals surface area contributed by atoms with Crippen LogP contribution >= 0.6 is 11.8 Å². The molecule has 0 aliphatic heterocycles. The van der Waals surface area contributed by atoms with Crippen molar-refractivity contribution in [2.45, 2.75) is 31.0 Å². The number of aliphatic hydroxyl groups excluding tert-OH is 1. The van der Waals surface area contributed by atoms with E-state index in [0.29, 0.717) is 0 Å². The van der Waals surface area contributed by atoms with Crippen LogP contribution in [0.1, 0.15) is 18.9 Å². The summed E-state index contributed by atoms with van der Waals surface area (Å²) in [6.45, 7) is 4.11. The Morgan fingerprint density at radius 1 is 1.44 bits per heavy atom. The molecule has 0 aliphatic rings. The molecule has 90 valence electrons. The van der Waals surface area contributed by atoms with Crippen molar-refractivity contribution >= 4 is 11.8 Å². The third-order valence-electron chi connectivity index (χ3n) is 2.59. The van der Waals surface area contributed by atoms with Crippen LogP contribution in [-0.2, 0) is 0 Å². The van der Waals surface area contributed by atoms with Gasteiger partial charge in [-0.2, -0.15) is 0 Å². The van der Waals surface area contributed by atoms with Crippen molar-refractivity contribution < 1.29 is 5.11 Å². The zero-order valence-corrected chi connectivity index (χ0v) is 10.8. The molecule has 0 saturated carbocycles. The number of aromatic nitrogens is 2. The van der Waals surface area contributed by atoms with E-state index in [2.05, 4.69) is 15.3 Å². The molecule has 0 bridgehead atoms. The van der Waals surface area contributed by atoms with E-state index in [0.717, 1.165) is 22.9 Å². The summed E-state index contributed by atoms with van der Waals surface area (Å²) in [5.41, 5.74) is 0.859. The van der Waals surface area contributed by atoms with Crippen molar-refractivity contribution in [3.63, 3.8) is 0 Å². The van der Waals surface area contributed by atoms with Crippen LogP contribution in [-0.4, -0.2) is 40.0 Å². The second-order valence-corrected chi connectivity index (χ2v) is 5.17. The number of aliphatic hydroxyl groups is 1. The molecule has 1 atom stereocenters. The Bertz CT molecular complexity index is 312. The number of thioether (sulfide) groups is 1. The summed E-state index contributed by atoms with van der Waals surface area (Å²) in [7, 11) is 1.86. The maximum atomic E-state index is 9.22. The fourth-order valence-electron chi connectivity index (χ4n) is 1.11. The molecule has 1 aromatic heterocycles. The fourth-order valence-corrected chi connectivity index (χ4v) is 2.10. The normalized spacial score (nSPS) is 14.8. The first-order chi connectivity index (χ1) is 7.59. The standard InChI is InChI=1S/C11H19N3OS/c1-9-6-13-10(14-7-9)16-5-4-11(2,8-15)12-3/h6-7,12,15H,4-5,8H2,1-3H3. The Morgan fingerprint density at radius 3 is 2.56 bits per heavy atom. The molecule has 1 unspecified atom stereocenters. The van der Waals surface area contributed by atoms with Gasteiger partial charge in [0.1, 0.15) is 0 Å². The van der Waals surface area contributed by atoms with Gasteiger partial charge in [-0.3, -0.25) is 0 Å². The largest absolute Gasteiger partial charge is 0.394 e. The van der Waals surface area contributed by atoms with Gasteiger partial charge in [0, 0.05) is 23.7 Å². The lowest BCUT2D eigenvalue weighted by Gasteiger charge is -2.26. The summed E-state index contributed by atoms with van der Waals surface area (Å²) in [5, 5.41) is 13.1. The van der Waals surface area contributed by atoms with Gasteiger partial charge in [0.25, 0.3) is 0 Å². The molecule has 1 heterocycles. The minimum atomic E-state index is -0.211.